The average molecular weight is 348 g/mol. The van der Waals surface area contributed by atoms with Crippen LogP contribution in [0.5, 0.6) is 11.5 Å². The Labute approximate surface area is 113 Å². The zero-order valence-electron chi connectivity index (χ0n) is 9.22. The summed E-state index contributed by atoms with van der Waals surface area (Å²) >= 11 is 2.00. The van der Waals surface area contributed by atoms with Crippen molar-refractivity contribution >= 4 is 34.8 Å². The Bertz CT molecular complexity index is 456. The van der Waals surface area contributed by atoms with Crippen LogP contribution in [0, 0.1) is 3.57 Å². The molecule has 1 aromatic carbocycles. The highest BCUT2D eigenvalue weighted by Gasteiger charge is 2.07. The molecule has 92 valence electrons. The molecule has 0 aliphatic rings. The molecule has 7 heteroatoms. The molecule has 0 atom stereocenters. The number of phenols is 1. The maximum Gasteiger partial charge on any atom is 0.211 e. The molecule has 0 spiro atoms. The van der Waals surface area contributed by atoms with Gasteiger partial charge in [-0.2, -0.15) is 5.10 Å². The van der Waals surface area contributed by atoms with Crippen LogP contribution in [-0.4, -0.2) is 23.9 Å². The quantitative estimate of drug-likeness (QED) is 0.327. The fourth-order valence-electron chi connectivity index (χ4n) is 1.10. The number of aromatic hydroxyl groups is 1. The third-order valence-electron chi connectivity index (χ3n) is 1.73. The maximum atomic E-state index is 9.72. The molecule has 0 aromatic heterocycles. The van der Waals surface area contributed by atoms with E-state index in [2.05, 4.69) is 10.2 Å². The summed E-state index contributed by atoms with van der Waals surface area (Å²) < 4.78 is 5.95. The van der Waals surface area contributed by atoms with Crippen molar-refractivity contribution in [3.05, 3.63) is 21.3 Å². The topological polar surface area (TPSA) is 106 Å². The van der Waals surface area contributed by atoms with Crippen molar-refractivity contribution < 1.29 is 9.84 Å². The molecule has 17 heavy (non-hydrogen) atoms. The number of rotatable bonds is 4. The number of hydrogen-bond donors (Lipinski definition) is 3. The minimum Gasteiger partial charge on any atom is -0.504 e. The van der Waals surface area contributed by atoms with Gasteiger partial charge in [0.15, 0.2) is 11.5 Å². The molecule has 0 radical (unpaired) electrons. The number of nitrogens with zero attached hydrogens (tertiary/aromatic N) is 2. The molecule has 0 bridgehead atoms. The third kappa shape index (κ3) is 4.10. The van der Waals surface area contributed by atoms with Gasteiger partial charge in [-0.1, -0.05) is 0 Å². The Hall–Kier alpha value is -1.51. The van der Waals surface area contributed by atoms with E-state index in [0.717, 1.165) is 5.56 Å². The van der Waals surface area contributed by atoms with Gasteiger partial charge >= 0.3 is 0 Å². The first-order chi connectivity index (χ1) is 8.04. The van der Waals surface area contributed by atoms with E-state index in [1.165, 1.54) is 6.21 Å². The van der Waals surface area contributed by atoms with Crippen LogP contribution in [0.15, 0.2) is 22.3 Å². The molecule has 0 amide bonds. The second-order valence-electron chi connectivity index (χ2n) is 3.05. The van der Waals surface area contributed by atoms with E-state index in [-0.39, 0.29) is 11.7 Å². The Morgan fingerprint density at radius 1 is 1.53 bits per heavy atom. The number of halogens is 1. The van der Waals surface area contributed by atoms with Gasteiger partial charge in [-0.25, -0.2) is 0 Å². The maximum absolute atomic E-state index is 9.72. The molecule has 0 saturated carbocycles. The smallest absolute Gasteiger partial charge is 0.211 e. The highest BCUT2D eigenvalue weighted by molar-refractivity contribution is 14.1. The zero-order valence-corrected chi connectivity index (χ0v) is 11.4. The normalized spacial score (nSPS) is 10.5. The van der Waals surface area contributed by atoms with Gasteiger partial charge in [0.1, 0.15) is 0 Å². The van der Waals surface area contributed by atoms with Crippen molar-refractivity contribution in [1.82, 2.24) is 0 Å². The summed E-state index contributed by atoms with van der Waals surface area (Å²) in [5.74, 6) is 0.414. The summed E-state index contributed by atoms with van der Waals surface area (Å²) in [4.78, 5) is 0. The molecule has 6 nitrogen and oxygen atoms in total. The molecule has 1 aromatic rings. The summed E-state index contributed by atoms with van der Waals surface area (Å²) in [5, 5.41) is 16.9. The first-order valence-corrected chi connectivity index (χ1v) is 5.89. The van der Waals surface area contributed by atoms with Crippen molar-refractivity contribution in [1.29, 1.82) is 0 Å². The average Bonchev–Trinajstić information content (AvgIpc) is 2.25. The van der Waals surface area contributed by atoms with Crippen LogP contribution in [0.4, 0.5) is 0 Å². The standard InChI is InChI=1S/C10H13IN4O2/c1-2-17-8-4-6(3-7(11)9(8)16)5-14-15-10(12)13/h3-5,16H,2H2,1H3,(H4,12,13,15)/b14-5+. The zero-order chi connectivity index (χ0) is 12.8. The van der Waals surface area contributed by atoms with Crippen molar-refractivity contribution in [3.63, 3.8) is 0 Å². The van der Waals surface area contributed by atoms with E-state index in [1.807, 2.05) is 29.5 Å². The van der Waals surface area contributed by atoms with Crippen molar-refractivity contribution in [2.45, 2.75) is 6.92 Å². The van der Waals surface area contributed by atoms with Crippen LogP contribution < -0.4 is 16.2 Å². The second kappa shape index (κ2) is 6.28. The molecule has 0 heterocycles. The third-order valence-corrected chi connectivity index (χ3v) is 2.55. The van der Waals surface area contributed by atoms with Crippen LogP contribution in [0.1, 0.15) is 12.5 Å². The molecule has 1 rings (SSSR count). The number of guanidine groups is 1. The van der Waals surface area contributed by atoms with E-state index in [1.54, 1.807) is 12.1 Å². The first kappa shape index (κ1) is 13.6. The summed E-state index contributed by atoms with van der Waals surface area (Å²) in [6.45, 7) is 2.31. The van der Waals surface area contributed by atoms with Crippen molar-refractivity contribution in [3.8, 4) is 11.5 Å². The number of nitrogens with two attached hydrogens (primary N) is 2. The summed E-state index contributed by atoms with van der Waals surface area (Å²) in [5.41, 5.74) is 11.0. The van der Waals surface area contributed by atoms with E-state index in [4.69, 9.17) is 16.2 Å². The summed E-state index contributed by atoms with van der Waals surface area (Å²) in [6.07, 6.45) is 1.48. The number of phenolic OH excluding ortho intramolecular Hbond substituents is 1. The first-order valence-electron chi connectivity index (χ1n) is 4.82. The molecule has 0 fully saturated rings. The Morgan fingerprint density at radius 3 is 2.82 bits per heavy atom. The minimum atomic E-state index is -0.111. The number of hydrogen-bond acceptors (Lipinski definition) is 4. The fourth-order valence-corrected chi connectivity index (χ4v) is 1.72. The molecular weight excluding hydrogens is 335 g/mol. The van der Waals surface area contributed by atoms with E-state index < -0.39 is 0 Å². The van der Waals surface area contributed by atoms with Gasteiger partial charge in [-0.05, 0) is 47.2 Å². The molecule has 0 aliphatic carbocycles. The highest BCUT2D eigenvalue weighted by Crippen LogP contribution is 2.32. The predicted octanol–water partition coefficient (Wildman–Crippen LogP) is 1.00. The SMILES string of the molecule is CCOc1cc(/C=N/N=C(N)N)cc(I)c1O. The van der Waals surface area contributed by atoms with Crippen LogP contribution in [0.3, 0.4) is 0 Å². The predicted molar refractivity (Wildman–Crippen MR) is 75.4 cm³/mol. The van der Waals surface area contributed by atoms with E-state index in [0.29, 0.717) is 15.9 Å². The molecule has 0 unspecified atom stereocenters. The van der Waals surface area contributed by atoms with Gasteiger partial charge < -0.3 is 21.3 Å². The summed E-state index contributed by atoms with van der Waals surface area (Å²) in [6, 6.07) is 3.40. The fraction of sp³-hybridized carbons (Fsp3) is 0.200. The molecule has 0 saturated heterocycles. The van der Waals surface area contributed by atoms with E-state index >= 15 is 0 Å². The van der Waals surface area contributed by atoms with Gasteiger partial charge in [-0.3, -0.25) is 0 Å². The second-order valence-corrected chi connectivity index (χ2v) is 4.21. The number of benzene rings is 1. The molecular formula is C10H13IN4O2. The Balaban J connectivity index is 3.02. The lowest BCUT2D eigenvalue weighted by Gasteiger charge is -2.08. The van der Waals surface area contributed by atoms with Crippen molar-refractivity contribution in [2.75, 3.05) is 6.61 Å². The molecule has 5 N–H and O–H groups in total. The number of ether oxygens (including phenoxy) is 1. The van der Waals surface area contributed by atoms with Crippen LogP contribution in [0.25, 0.3) is 0 Å². The molecule has 0 aliphatic heterocycles. The van der Waals surface area contributed by atoms with Gasteiger partial charge in [0.05, 0.1) is 16.4 Å². The minimum absolute atomic E-state index is 0.111. The Morgan fingerprint density at radius 2 is 2.24 bits per heavy atom. The van der Waals surface area contributed by atoms with Gasteiger partial charge in [0, 0.05) is 0 Å². The van der Waals surface area contributed by atoms with Crippen molar-refractivity contribution in [2.24, 2.45) is 21.7 Å². The van der Waals surface area contributed by atoms with Crippen LogP contribution in [0.2, 0.25) is 0 Å². The lowest BCUT2D eigenvalue weighted by atomic mass is 10.2. The van der Waals surface area contributed by atoms with Gasteiger partial charge in [0.2, 0.25) is 5.96 Å². The van der Waals surface area contributed by atoms with Gasteiger partial charge in [-0.15, -0.1) is 5.10 Å². The lowest BCUT2D eigenvalue weighted by molar-refractivity contribution is 0.317. The lowest BCUT2D eigenvalue weighted by Crippen LogP contribution is -2.21. The summed E-state index contributed by atoms with van der Waals surface area (Å²) in [7, 11) is 0. The largest absolute Gasteiger partial charge is 0.504 e. The van der Waals surface area contributed by atoms with Gasteiger partial charge in [0.25, 0.3) is 0 Å². The highest BCUT2D eigenvalue weighted by atomic mass is 127. The Kier molecular flexibility index (Phi) is 5.01. The monoisotopic (exact) mass is 348 g/mol. The van der Waals surface area contributed by atoms with Crippen LogP contribution in [-0.2, 0) is 0 Å². The van der Waals surface area contributed by atoms with E-state index in [9.17, 15) is 5.11 Å². The van der Waals surface area contributed by atoms with Crippen LogP contribution >= 0.6 is 22.6 Å².